The zero-order chi connectivity index (χ0) is 15.2. The number of carboxylic acids is 1. The van der Waals surface area contributed by atoms with Gasteiger partial charge in [-0.25, -0.2) is 4.39 Å². The van der Waals surface area contributed by atoms with Crippen LogP contribution in [-0.4, -0.2) is 34.6 Å². The minimum Gasteiger partial charge on any atom is -0.480 e. The van der Waals surface area contributed by atoms with Gasteiger partial charge in [0.2, 0.25) is 0 Å². The standard InChI is InChI=1S/C16H17FN2O2/c1-19(10-8-12-4-6-14(17)7-5-12)15(16(20)21)13-3-2-9-18-11-13/h2-7,9,11,15H,8,10H2,1H3,(H,20,21). The van der Waals surface area contributed by atoms with Crippen molar-refractivity contribution in [3.05, 3.63) is 65.7 Å². The van der Waals surface area contributed by atoms with Gasteiger partial charge in [-0.15, -0.1) is 0 Å². The summed E-state index contributed by atoms with van der Waals surface area (Å²) < 4.78 is 12.8. The van der Waals surface area contributed by atoms with Gasteiger partial charge in [-0.2, -0.15) is 0 Å². The van der Waals surface area contributed by atoms with E-state index in [1.54, 1.807) is 48.6 Å². The van der Waals surface area contributed by atoms with Gasteiger partial charge in [0.1, 0.15) is 11.9 Å². The Bertz CT molecular complexity index is 587. The fraction of sp³-hybridized carbons (Fsp3) is 0.250. The highest BCUT2D eigenvalue weighted by atomic mass is 19.1. The molecule has 4 nitrogen and oxygen atoms in total. The minimum absolute atomic E-state index is 0.272. The Kier molecular flexibility index (Phi) is 5.00. The third kappa shape index (κ3) is 4.10. The maximum atomic E-state index is 12.8. The summed E-state index contributed by atoms with van der Waals surface area (Å²) in [4.78, 5) is 17.2. The van der Waals surface area contributed by atoms with E-state index >= 15 is 0 Å². The Labute approximate surface area is 122 Å². The van der Waals surface area contributed by atoms with Crippen LogP contribution in [0.5, 0.6) is 0 Å². The first kappa shape index (κ1) is 15.1. The second-order valence-electron chi connectivity index (χ2n) is 4.88. The van der Waals surface area contributed by atoms with Crippen molar-refractivity contribution in [1.82, 2.24) is 9.88 Å². The highest BCUT2D eigenvalue weighted by Gasteiger charge is 2.24. The summed E-state index contributed by atoms with van der Waals surface area (Å²) in [5.74, 6) is -1.18. The molecule has 0 radical (unpaired) electrons. The predicted octanol–water partition coefficient (Wildman–Crippen LogP) is 2.52. The van der Waals surface area contributed by atoms with E-state index in [1.807, 2.05) is 0 Å². The first-order valence-electron chi connectivity index (χ1n) is 6.65. The van der Waals surface area contributed by atoms with Gasteiger partial charge in [0, 0.05) is 18.9 Å². The number of hydrogen-bond acceptors (Lipinski definition) is 3. The van der Waals surface area contributed by atoms with Gasteiger partial charge >= 0.3 is 5.97 Å². The number of rotatable bonds is 6. The van der Waals surface area contributed by atoms with E-state index in [0.29, 0.717) is 18.5 Å². The Morgan fingerprint density at radius 3 is 2.62 bits per heavy atom. The van der Waals surface area contributed by atoms with Crippen LogP contribution in [0.25, 0.3) is 0 Å². The van der Waals surface area contributed by atoms with Crippen molar-refractivity contribution in [2.45, 2.75) is 12.5 Å². The largest absolute Gasteiger partial charge is 0.480 e. The maximum absolute atomic E-state index is 12.8. The zero-order valence-corrected chi connectivity index (χ0v) is 11.7. The van der Waals surface area contributed by atoms with E-state index in [9.17, 15) is 14.3 Å². The number of aromatic nitrogens is 1. The van der Waals surface area contributed by atoms with Gasteiger partial charge in [-0.05, 0) is 42.8 Å². The van der Waals surface area contributed by atoms with Gasteiger partial charge in [-0.3, -0.25) is 14.7 Å². The van der Waals surface area contributed by atoms with Crippen LogP contribution >= 0.6 is 0 Å². The lowest BCUT2D eigenvalue weighted by molar-refractivity contribution is -0.143. The summed E-state index contributed by atoms with van der Waals surface area (Å²) in [6.45, 7) is 0.553. The molecule has 2 aromatic rings. The number of nitrogens with zero attached hydrogens (tertiary/aromatic N) is 2. The van der Waals surface area contributed by atoms with Crippen molar-refractivity contribution < 1.29 is 14.3 Å². The van der Waals surface area contributed by atoms with Crippen molar-refractivity contribution in [1.29, 1.82) is 0 Å². The van der Waals surface area contributed by atoms with Crippen molar-refractivity contribution in [3.63, 3.8) is 0 Å². The van der Waals surface area contributed by atoms with Gasteiger partial charge in [0.05, 0.1) is 0 Å². The summed E-state index contributed by atoms with van der Waals surface area (Å²) >= 11 is 0. The summed E-state index contributed by atoms with van der Waals surface area (Å²) in [6.07, 6.45) is 3.83. The molecule has 5 heteroatoms. The summed E-state index contributed by atoms with van der Waals surface area (Å²) in [7, 11) is 1.76. The first-order valence-corrected chi connectivity index (χ1v) is 6.65. The lowest BCUT2D eigenvalue weighted by Crippen LogP contribution is -2.32. The molecular weight excluding hydrogens is 271 g/mol. The minimum atomic E-state index is -0.912. The second-order valence-corrected chi connectivity index (χ2v) is 4.88. The molecule has 0 aliphatic carbocycles. The van der Waals surface area contributed by atoms with Crippen molar-refractivity contribution in [2.24, 2.45) is 0 Å². The molecule has 1 aromatic carbocycles. The van der Waals surface area contributed by atoms with E-state index in [-0.39, 0.29) is 5.82 Å². The maximum Gasteiger partial charge on any atom is 0.325 e. The van der Waals surface area contributed by atoms with Gasteiger partial charge in [-0.1, -0.05) is 18.2 Å². The molecule has 0 aliphatic rings. The smallest absolute Gasteiger partial charge is 0.325 e. The van der Waals surface area contributed by atoms with Gasteiger partial charge < -0.3 is 5.11 Å². The summed E-state index contributed by atoms with van der Waals surface area (Å²) in [5, 5.41) is 9.41. The van der Waals surface area contributed by atoms with Crippen LogP contribution in [0.4, 0.5) is 4.39 Å². The number of hydrogen-bond donors (Lipinski definition) is 1. The Morgan fingerprint density at radius 2 is 2.05 bits per heavy atom. The fourth-order valence-corrected chi connectivity index (χ4v) is 2.21. The van der Waals surface area contributed by atoms with Crippen LogP contribution in [0.3, 0.4) is 0 Å². The molecule has 0 bridgehead atoms. The number of likely N-dealkylation sites (N-methyl/N-ethyl adjacent to an activating group) is 1. The highest BCUT2D eigenvalue weighted by molar-refractivity contribution is 5.75. The molecule has 0 saturated carbocycles. The first-order chi connectivity index (χ1) is 10.1. The monoisotopic (exact) mass is 288 g/mol. The number of carboxylic acid groups (broad SMARTS) is 1. The molecule has 1 N–H and O–H groups in total. The molecule has 0 fully saturated rings. The zero-order valence-electron chi connectivity index (χ0n) is 11.7. The van der Waals surface area contributed by atoms with Crippen LogP contribution in [0.15, 0.2) is 48.8 Å². The lowest BCUT2D eigenvalue weighted by Gasteiger charge is -2.24. The highest BCUT2D eigenvalue weighted by Crippen LogP contribution is 2.19. The number of benzene rings is 1. The quantitative estimate of drug-likeness (QED) is 0.887. The van der Waals surface area contributed by atoms with Crippen LogP contribution in [-0.2, 0) is 11.2 Å². The number of carbonyl (C=O) groups is 1. The van der Waals surface area contributed by atoms with Gasteiger partial charge in [0.15, 0.2) is 0 Å². The second kappa shape index (κ2) is 6.95. The number of aliphatic carboxylic acids is 1. The summed E-state index contributed by atoms with van der Waals surface area (Å²) in [5.41, 5.74) is 1.62. The fourth-order valence-electron chi connectivity index (χ4n) is 2.21. The van der Waals surface area contributed by atoms with Crippen molar-refractivity contribution >= 4 is 5.97 Å². The molecule has 1 unspecified atom stereocenters. The third-order valence-electron chi connectivity index (χ3n) is 3.34. The van der Waals surface area contributed by atoms with Crippen molar-refractivity contribution in [2.75, 3.05) is 13.6 Å². The Hall–Kier alpha value is -2.27. The molecular formula is C16H17FN2O2. The molecule has 0 amide bonds. The third-order valence-corrected chi connectivity index (χ3v) is 3.34. The van der Waals surface area contributed by atoms with Gasteiger partial charge in [0.25, 0.3) is 0 Å². The lowest BCUT2D eigenvalue weighted by atomic mass is 10.1. The molecule has 110 valence electrons. The van der Waals surface area contributed by atoms with E-state index < -0.39 is 12.0 Å². The number of halogens is 1. The van der Waals surface area contributed by atoms with Crippen LogP contribution < -0.4 is 0 Å². The van der Waals surface area contributed by atoms with Crippen molar-refractivity contribution in [3.8, 4) is 0 Å². The summed E-state index contributed by atoms with van der Waals surface area (Å²) in [6, 6.07) is 8.97. The Balaban J connectivity index is 2.04. The topological polar surface area (TPSA) is 53.4 Å². The SMILES string of the molecule is CN(CCc1ccc(F)cc1)C(C(=O)O)c1cccnc1. The van der Waals surface area contributed by atoms with Crippen LogP contribution in [0, 0.1) is 5.82 Å². The van der Waals surface area contributed by atoms with E-state index in [2.05, 4.69) is 4.98 Å². The molecule has 2 rings (SSSR count). The predicted molar refractivity (Wildman–Crippen MR) is 77.3 cm³/mol. The molecule has 0 spiro atoms. The van der Waals surface area contributed by atoms with E-state index in [1.165, 1.54) is 12.1 Å². The molecule has 1 aromatic heterocycles. The average molecular weight is 288 g/mol. The number of pyridine rings is 1. The molecule has 1 atom stereocenters. The molecule has 1 heterocycles. The average Bonchev–Trinajstić information content (AvgIpc) is 2.47. The van der Waals surface area contributed by atoms with E-state index in [4.69, 9.17) is 0 Å². The van der Waals surface area contributed by atoms with Crippen LogP contribution in [0.1, 0.15) is 17.2 Å². The Morgan fingerprint density at radius 1 is 1.33 bits per heavy atom. The van der Waals surface area contributed by atoms with E-state index in [0.717, 1.165) is 5.56 Å². The molecule has 21 heavy (non-hydrogen) atoms. The molecule has 0 aliphatic heterocycles. The normalized spacial score (nSPS) is 12.3. The molecule has 0 saturated heterocycles. The van der Waals surface area contributed by atoms with Crippen LogP contribution in [0.2, 0.25) is 0 Å².